The van der Waals surface area contributed by atoms with Crippen LogP contribution in [0.5, 0.6) is 0 Å². The summed E-state index contributed by atoms with van der Waals surface area (Å²) >= 11 is 0. The van der Waals surface area contributed by atoms with E-state index in [2.05, 4.69) is 5.32 Å². The minimum atomic E-state index is -0.108. The Labute approximate surface area is 95.3 Å². The molecule has 0 radical (unpaired) electrons. The molecule has 0 spiro atoms. The molecular weight excluding hydrogens is 206 g/mol. The first-order valence-electron chi connectivity index (χ1n) is 5.46. The van der Waals surface area contributed by atoms with Crippen LogP contribution in [-0.4, -0.2) is 28.7 Å². The molecule has 0 fully saturated rings. The topological polar surface area (TPSA) is 80.3 Å². The third kappa shape index (κ3) is 3.58. The highest BCUT2D eigenvalue weighted by atomic mass is 16.2. The van der Waals surface area contributed by atoms with Gasteiger partial charge in [-0.05, 0) is 25.3 Å². The van der Waals surface area contributed by atoms with Crippen molar-refractivity contribution in [3.63, 3.8) is 0 Å². The zero-order valence-electron chi connectivity index (χ0n) is 9.57. The number of aromatic nitrogens is 1. The Hall–Kier alpha value is -1.49. The summed E-state index contributed by atoms with van der Waals surface area (Å²) in [5.41, 5.74) is 6.74. The van der Waals surface area contributed by atoms with Crippen molar-refractivity contribution in [3.05, 3.63) is 18.0 Å². The number of amides is 1. The molecule has 0 atom stereocenters. The summed E-state index contributed by atoms with van der Waals surface area (Å²) in [6.45, 7) is 0.839. The lowest BCUT2D eigenvalue weighted by Gasteiger charge is -2.05. The number of aliphatic hydroxyl groups is 1. The Balaban J connectivity index is 2.33. The monoisotopic (exact) mass is 225 g/mol. The summed E-state index contributed by atoms with van der Waals surface area (Å²) in [5, 5.41) is 11.4. The van der Waals surface area contributed by atoms with Crippen molar-refractivity contribution in [1.82, 2.24) is 9.88 Å². The van der Waals surface area contributed by atoms with E-state index in [0.717, 1.165) is 19.3 Å². The van der Waals surface area contributed by atoms with Gasteiger partial charge in [0.15, 0.2) is 0 Å². The second-order valence-corrected chi connectivity index (χ2v) is 3.81. The molecular formula is C11H19N3O2. The molecule has 0 aliphatic heterocycles. The standard InChI is InChI=1S/C11H19N3O2/c1-14-8-9(12)7-10(14)11(16)13-5-3-2-4-6-15/h7-8,15H,2-6,12H2,1H3,(H,13,16). The number of aliphatic hydroxyl groups excluding tert-OH is 1. The molecule has 16 heavy (non-hydrogen) atoms. The number of nitrogens with one attached hydrogen (secondary N) is 1. The van der Waals surface area contributed by atoms with Gasteiger partial charge in [0, 0.05) is 26.4 Å². The van der Waals surface area contributed by atoms with Crippen molar-refractivity contribution in [2.75, 3.05) is 18.9 Å². The molecule has 90 valence electrons. The van der Waals surface area contributed by atoms with E-state index in [9.17, 15) is 4.79 Å². The number of carbonyl (C=O) groups excluding carboxylic acids is 1. The van der Waals surface area contributed by atoms with Crippen LogP contribution in [0.25, 0.3) is 0 Å². The molecule has 0 unspecified atom stereocenters. The fraction of sp³-hybridized carbons (Fsp3) is 0.545. The maximum absolute atomic E-state index is 11.7. The number of anilines is 1. The van der Waals surface area contributed by atoms with Crippen LogP contribution >= 0.6 is 0 Å². The molecule has 1 amide bonds. The first-order valence-corrected chi connectivity index (χ1v) is 5.46. The molecule has 0 saturated heterocycles. The van der Waals surface area contributed by atoms with Gasteiger partial charge < -0.3 is 20.7 Å². The normalized spacial score (nSPS) is 10.4. The molecule has 0 aromatic carbocycles. The Morgan fingerprint density at radius 2 is 2.25 bits per heavy atom. The zero-order chi connectivity index (χ0) is 12.0. The van der Waals surface area contributed by atoms with Gasteiger partial charge in [-0.3, -0.25) is 4.79 Å². The smallest absolute Gasteiger partial charge is 0.267 e. The van der Waals surface area contributed by atoms with Crippen molar-refractivity contribution in [3.8, 4) is 0 Å². The van der Waals surface area contributed by atoms with Crippen molar-refractivity contribution in [1.29, 1.82) is 0 Å². The average molecular weight is 225 g/mol. The number of nitrogen functional groups attached to an aromatic ring is 1. The van der Waals surface area contributed by atoms with E-state index in [-0.39, 0.29) is 12.5 Å². The third-order valence-electron chi connectivity index (χ3n) is 2.38. The molecule has 1 rings (SSSR count). The van der Waals surface area contributed by atoms with E-state index < -0.39 is 0 Å². The van der Waals surface area contributed by atoms with Gasteiger partial charge in [0.2, 0.25) is 0 Å². The molecule has 1 aromatic heterocycles. The lowest BCUT2D eigenvalue weighted by atomic mass is 10.2. The van der Waals surface area contributed by atoms with Gasteiger partial charge in [-0.25, -0.2) is 0 Å². The first-order chi connectivity index (χ1) is 7.65. The molecule has 1 aromatic rings. The van der Waals surface area contributed by atoms with E-state index in [0.29, 0.717) is 17.9 Å². The van der Waals surface area contributed by atoms with Gasteiger partial charge in [0.05, 0.1) is 5.69 Å². The predicted octanol–water partition coefficient (Wildman–Crippen LogP) is 0.500. The molecule has 0 saturated carbocycles. The molecule has 4 N–H and O–H groups in total. The fourth-order valence-electron chi connectivity index (χ4n) is 1.52. The highest BCUT2D eigenvalue weighted by Crippen LogP contribution is 2.08. The second kappa shape index (κ2) is 6.17. The minimum Gasteiger partial charge on any atom is -0.397 e. The number of carbonyl (C=O) groups is 1. The number of rotatable bonds is 6. The van der Waals surface area contributed by atoms with Gasteiger partial charge in [-0.1, -0.05) is 0 Å². The SMILES string of the molecule is Cn1cc(N)cc1C(=O)NCCCCCO. The number of aryl methyl sites for hydroxylation is 1. The predicted molar refractivity (Wildman–Crippen MR) is 63.1 cm³/mol. The van der Waals surface area contributed by atoms with Gasteiger partial charge in [0.25, 0.3) is 5.91 Å². The maximum Gasteiger partial charge on any atom is 0.267 e. The summed E-state index contributed by atoms with van der Waals surface area (Å²) < 4.78 is 1.71. The Bertz CT molecular complexity index is 347. The van der Waals surface area contributed by atoms with Crippen LogP contribution in [-0.2, 0) is 7.05 Å². The van der Waals surface area contributed by atoms with E-state index >= 15 is 0 Å². The van der Waals surface area contributed by atoms with Crippen LogP contribution in [0.1, 0.15) is 29.8 Å². The lowest BCUT2D eigenvalue weighted by molar-refractivity contribution is 0.0945. The van der Waals surface area contributed by atoms with E-state index in [4.69, 9.17) is 10.8 Å². The fourth-order valence-corrected chi connectivity index (χ4v) is 1.52. The van der Waals surface area contributed by atoms with Gasteiger partial charge in [-0.2, -0.15) is 0 Å². The molecule has 0 aliphatic rings. The highest BCUT2D eigenvalue weighted by Gasteiger charge is 2.09. The molecule has 0 bridgehead atoms. The molecule has 1 heterocycles. The first kappa shape index (κ1) is 12.6. The van der Waals surface area contributed by atoms with E-state index in [1.54, 1.807) is 23.9 Å². The van der Waals surface area contributed by atoms with Crippen molar-refractivity contribution >= 4 is 11.6 Å². The Kier molecular flexibility index (Phi) is 4.85. The second-order valence-electron chi connectivity index (χ2n) is 3.81. The van der Waals surface area contributed by atoms with Crippen molar-refractivity contribution in [2.45, 2.75) is 19.3 Å². The van der Waals surface area contributed by atoms with E-state index in [1.807, 2.05) is 0 Å². The van der Waals surface area contributed by atoms with Crippen LogP contribution in [0.3, 0.4) is 0 Å². The Morgan fingerprint density at radius 3 is 2.81 bits per heavy atom. The van der Waals surface area contributed by atoms with E-state index in [1.165, 1.54) is 0 Å². The zero-order valence-corrected chi connectivity index (χ0v) is 9.57. The number of unbranched alkanes of at least 4 members (excludes halogenated alkanes) is 2. The van der Waals surface area contributed by atoms with Crippen LogP contribution in [0, 0.1) is 0 Å². The number of nitrogens with two attached hydrogens (primary N) is 1. The van der Waals surface area contributed by atoms with Crippen LogP contribution in [0.4, 0.5) is 5.69 Å². The Morgan fingerprint density at radius 1 is 1.50 bits per heavy atom. The summed E-state index contributed by atoms with van der Waals surface area (Å²) in [4.78, 5) is 11.7. The average Bonchev–Trinajstić information content (AvgIpc) is 2.57. The molecule has 0 aliphatic carbocycles. The summed E-state index contributed by atoms with van der Waals surface area (Å²) in [7, 11) is 1.79. The number of hydrogen-bond donors (Lipinski definition) is 3. The number of hydrogen-bond acceptors (Lipinski definition) is 3. The van der Waals surface area contributed by atoms with Crippen molar-refractivity contribution in [2.24, 2.45) is 7.05 Å². The molecule has 5 heteroatoms. The minimum absolute atomic E-state index is 0.108. The molecule has 5 nitrogen and oxygen atoms in total. The summed E-state index contributed by atoms with van der Waals surface area (Å²) in [5.74, 6) is -0.108. The lowest BCUT2D eigenvalue weighted by Crippen LogP contribution is -2.26. The van der Waals surface area contributed by atoms with Crippen LogP contribution in [0.2, 0.25) is 0 Å². The van der Waals surface area contributed by atoms with Crippen LogP contribution in [0.15, 0.2) is 12.3 Å². The van der Waals surface area contributed by atoms with Crippen molar-refractivity contribution < 1.29 is 9.90 Å². The summed E-state index contributed by atoms with van der Waals surface area (Å²) in [6.07, 6.45) is 4.30. The van der Waals surface area contributed by atoms with Gasteiger partial charge in [-0.15, -0.1) is 0 Å². The van der Waals surface area contributed by atoms with Gasteiger partial charge >= 0.3 is 0 Å². The maximum atomic E-state index is 11.7. The quantitative estimate of drug-likeness (QED) is 0.617. The van der Waals surface area contributed by atoms with Crippen LogP contribution < -0.4 is 11.1 Å². The largest absolute Gasteiger partial charge is 0.397 e. The number of nitrogens with zero attached hydrogens (tertiary/aromatic N) is 1. The highest BCUT2D eigenvalue weighted by molar-refractivity contribution is 5.93. The summed E-state index contributed by atoms with van der Waals surface area (Å²) in [6, 6.07) is 1.66. The third-order valence-corrected chi connectivity index (χ3v) is 2.38. The van der Waals surface area contributed by atoms with Gasteiger partial charge in [0.1, 0.15) is 5.69 Å².